The summed E-state index contributed by atoms with van der Waals surface area (Å²) in [5, 5.41) is 3.74. The van der Waals surface area contributed by atoms with Gasteiger partial charge in [0.1, 0.15) is 7.11 Å². The van der Waals surface area contributed by atoms with Crippen LogP contribution >= 0.6 is 0 Å². The van der Waals surface area contributed by atoms with Gasteiger partial charge in [-0.2, -0.15) is 13.2 Å². The maximum Gasteiger partial charge on any atom is 0.416 e. The lowest BCUT2D eigenvalue weighted by molar-refractivity contribution is -0.137. The van der Waals surface area contributed by atoms with Crippen LogP contribution in [0.15, 0.2) is 29.4 Å². The molecule has 88 valence electrons. The fourth-order valence-corrected chi connectivity index (χ4v) is 1.28. The first-order valence-corrected chi connectivity index (χ1v) is 4.76. The second-order valence-corrected chi connectivity index (χ2v) is 3.15. The summed E-state index contributed by atoms with van der Waals surface area (Å²) in [5.41, 5.74) is 0.595. The third-order valence-electron chi connectivity index (χ3n) is 2.08. The van der Waals surface area contributed by atoms with Crippen molar-refractivity contribution in [1.29, 1.82) is 0 Å². The van der Waals surface area contributed by atoms with Crippen LogP contribution in [-0.4, -0.2) is 12.8 Å². The zero-order valence-electron chi connectivity index (χ0n) is 9.01. The van der Waals surface area contributed by atoms with Gasteiger partial charge in [-0.25, -0.2) is 0 Å². The summed E-state index contributed by atoms with van der Waals surface area (Å²) < 4.78 is 36.9. The smallest absolute Gasteiger partial charge is 0.399 e. The van der Waals surface area contributed by atoms with Gasteiger partial charge in [0.05, 0.1) is 11.3 Å². The average molecular weight is 231 g/mol. The van der Waals surface area contributed by atoms with E-state index in [0.717, 1.165) is 12.1 Å². The molecular formula is C11H12F3NO. The van der Waals surface area contributed by atoms with Crippen molar-refractivity contribution >= 4 is 5.71 Å². The first-order valence-electron chi connectivity index (χ1n) is 4.76. The molecule has 1 rings (SSSR count). The highest BCUT2D eigenvalue weighted by molar-refractivity contribution is 6.00. The van der Waals surface area contributed by atoms with Gasteiger partial charge >= 0.3 is 6.18 Å². The summed E-state index contributed by atoms with van der Waals surface area (Å²) in [7, 11) is 1.40. The van der Waals surface area contributed by atoms with E-state index in [4.69, 9.17) is 0 Å². The second kappa shape index (κ2) is 5.01. The Kier molecular flexibility index (Phi) is 3.93. The Labute approximate surface area is 91.7 Å². The lowest BCUT2D eigenvalue weighted by Gasteiger charge is -2.08. The molecule has 0 unspecified atom stereocenters. The van der Waals surface area contributed by atoms with Crippen LogP contribution in [0.25, 0.3) is 0 Å². The third kappa shape index (κ3) is 2.98. The normalized spacial score (nSPS) is 12.7. The van der Waals surface area contributed by atoms with Crippen molar-refractivity contribution in [2.24, 2.45) is 5.16 Å². The van der Waals surface area contributed by atoms with Crippen molar-refractivity contribution in [3.63, 3.8) is 0 Å². The van der Waals surface area contributed by atoms with Gasteiger partial charge in [0.25, 0.3) is 0 Å². The molecule has 0 saturated heterocycles. The molecule has 16 heavy (non-hydrogen) atoms. The lowest BCUT2D eigenvalue weighted by Crippen LogP contribution is -2.06. The summed E-state index contributed by atoms with van der Waals surface area (Å²) in [5.74, 6) is 0. The van der Waals surface area contributed by atoms with E-state index < -0.39 is 11.7 Å². The quantitative estimate of drug-likeness (QED) is 0.576. The molecule has 2 nitrogen and oxygen atoms in total. The van der Waals surface area contributed by atoms with Crippen molar-refractivity contribution in [2.75, 3.05) is 7.11 Å². The molecule has 0 N–H and O–H groups in total. The maximum absolute atomic E-state index is 12.3. The van der Waals surface area contributed by atoms with Gasteiger partial charge in [-0.1, -0.05) is 24.2 Å². The van der Waals surface area contributed by atoms with Crippen LogP contribution in [0, 0.1) is 0 Å². The maximum atomic E-state index is 12.3. The highest BCUT2D eigenvalue weighted by Crippen LogP contribution is 2.29. The van der Waals surface area contributed by atoms with Gasteiger partial charge in [-0.3, -0.25) is 0 Å². The minimum Gasteiger partial charge on any atom is -0.399 e. The van der Waals surface area contributed by atoms with Crippen LogP contribution < -0.4 is 0 Å². The molecule has 0 aromatic heterocycles. The number of benzene rings is 1. The molecule has 1 aromatic rings. The van der Waals surface area contributed by atoms with E-state index >= 15 is 0 Å². The Hall–Kier alpha value is -1.52. The van der Waals surface area contributed by atoms with Gasteiger partial charge in [0.2, 0.25) is 0 Å². The molecule has 0 saturated carbocycles. The van der Waals surface area contributed by atoms with Crippen LogP contribution in [-0.2, 0) is 11.0 Å². The molecule has 0 aliphatic rings. The Morgan fingerprint density at radius 2 is 1.81 bits per heavy atom. The largest absolute Gasteiger partial charge is 0.416 e. The Morgan fingerprint density at radius 3 is 2.19 bits per heavy atom. The number of alkyl halides is 3. The summed E-state index contributed by atoms with van der Waals surface area (Å²) in [6.07, 6.45) is -3.71. The first-order chi connectivity index (χ1) is 7.49. The molecule has 5 heteroatoms. The summed E-state index contributed by atoms with van der Waals surface area (Å²) in [4.78, 5) is 4.61. The minimum absolute atomic E-state index is 0.596. The number of nitrogens with zero attached hydrogens (tertiary/aromatic N) is 1. The van der Waals surface area contributed by atoms with Crippen molar-refractivity contribution in [1.82, 2.24) is 0 Å². The van der Waals surface area contributed by atoms with Gasteiger partial charge in [-0.15, -0.1) is 0 Å². The molecular weight excluding hydrogens is 219 g/mol. The van der Waals surface area contributed by atoms with Gasteiger partial charge < -0.3 is 4.84 Å². The topological polar surface area (TPSA) is 21.6 Å². The molecule has 1 aromatic carbocycles. The van der Waals surface area contributed by atoms with Gasteiger partial charge in [-0.05, 0) is 24.1 Å². The van der Waals surface area contributed by atoms with Crippen LogP contribution in [0.3, 0.4) is 0 Å². The fourth-order valence-electron chi connectivity index (χ4n) is 1.28. The monoisotopic (exact) mass is 231 g/mol. The fraction of sp³-hybridized carbons (Fsp3) is 0.364. The number of oxime groups is 1. The third-order valence-corrected chi connectivity index (χ3v) is 2.08. The van der Waals surface area contributed by atoms with E-state index in [9.17, 15) is 13.2 Å². The van der Waals surface area contributed by atoms with E-state index in [1.54, 1.807) is 0 Å². The van der Waals surface area contributed by atoms with Crippen molar-refractivity contribution in [3.05, 3.63) is 35.4 Å². The number of hydrogen-bond acceptors (Lipinski definition) is 2. The van der Waals surface area contributed by atoms with Crippen LogP contribution in [0.4, 0.5) is 13.2 Å². The van der Waals surface area contributed by atoms with Gasteiger partial charge in [0.15, 0.2) is 0 Å². The Morgan fingerprint density at radius 1 is 1.25 bits per heavy atom. The minimum atomic E-state index is -4.30. The predicted octanol–water partition coefficient (Wildman–Crippen LogP) is 3.47. The zero-order valence-corrected chi connectivity index (χ0v) is 9.01. The summed E-state index contributed by atoms with van der Waals surface area (Å²) >= 11 is 0. The Bertz CT molecular complexity index is 368. The van der Waals surface area contributed by atoms with E-state index in [1.807, 2.05) is 6.92 Å². The molecule has 0 aliphatic carbocycles. The lowest BCUT2D eigenvalue weighted by atomic mass is 10.1. The zero-order chi connectivity index (χ0) is 12.2. The number of rotatable bonds is 3. The van der Waals surface area contributed by atoms with Crippen LogP contribution in [0.5, 0.6) is 0 Å². The van der Waals surface area contributed by atoms with Crippen molar-refractivity contribution in [2.45, 2.75) is 19.5 Å². The predicted molar refractivity (Wildman–Crippen MR) is 55.3 cm³/mol. The van der Waals surface area contributed by atoms with Crippen LogP contribution in [0.2, 0.25) is 0 Å². The van der Waals surface area contributed by atoms with E-state index in [0.29, 0.717) is 17.7 Å². The van der Waals surface area contributed by atoms with E-state index in [1.165, 1.54) is 19.2 Å². The number of halogens is 3. The van der Waals surface area contributed by atoms with Crippen LogP contribution in [0.1, 0.15) is 24.5 Å². The highest BCUT2D eigenvalue weighted by atomic mass is 19.4. The highest BCUT2D eigenvalue weighted by Gasteiger charge is 2.30. The number of hydrogen-bond donors (Lipinski definition) is 0. The molecule has 0 aliphatic heterocycles. The van der Waals surface area contributed by atoms with E-state index in [2.05, 4.69) is 9.99 Å². The molecule has 0 amide bonds. The Balaban J connectivity index is 2.99. The van der Waals surface area contributed by atoms with Crippen molar-refractivity contribution < 1.29 is 18.0 Å². The molecule has 0 spiro atoms. The molecule has 0 fully saturated rings. The molecule has 0 atom stereocenters. The standard InChI is InChI=1S/C11H12F3NO/c1-3-10(15-16-2)8-4-6-9(7-5-8)11(12,13)14/h4-7H,3H2,1-2H3. The summed E-state index contributed by atoms with van der Waals surface area (Å²) in [6, 6.07) is 4.86. The first kappa shape index (κ1) is 12.5. The second-order valence-electron chi connectivity index (χ2n) is 3.15. The molecule has 0 radical (unpaired) electrons. The molecule has 0 bridgehead atoms. The molecule has 0 heterocycles. The van der Waals surface area contributed by atoms with Gasteiger partial charge in [0, 0.05) is 0 Å². The van der Waals surface area contributed by atoms with Crippen molar-refractivity contribution in [3.8, 4) is 0 Å². The van der Waals surface area contributed by atoms with E-state index in [-0.39, 0.29) is 0 Å². The average Bonchev–Trinajstić information content (AvgIpc) is 2.25. The SMILES string of the molecule is CCC(=NOC)c1ccc(C(F)(F)F)cc1. The summed E-state index contributed by atoms with van der Waals surface area (Å²) in [6.45, 7) is 1.86.